The summed E-state index contributed by atoms with van der Waals surface area (Å²) in [6, 6.07) is 1.88. The van der Waals surface area contributed by atoms with Crippen molar-refractivity contribution in [2.45, 2.75) is 45.5 Å². The van der Waals surface area contributed by atoms with Crippen LogP contribution in [-0.4, -0.2) is 18.1 Å². The molecule has 0 aliphatic carbocycles. The molecule has 1 radical (unpaired) electrons. The van der Waals surface area contributed by atoms with Gasteiger partial charge in [0.2, 0.25) is 0 Å². The van der Waals surface area contributed by atoms with Gasteiger partial charge in [-0.15, -0.1) is 0 Å². The molecule has 85 valence electrons. The summed E-state index contributed by atoms with van der Waals surface area (Å²) in [7, 11) is 0.279. The molecule has 0 aliphatic heterocycles. The van der Waals surface area contributed by atoms with Gasteiger partial charge in [-0.05, 0) is 24.2 Å². The SMILES string of the molecule is Cn1n[c]cc1CO[Si](C)(C)C(C)(C)C. The van der Waals surface area contributed by atoms with Crippen LogP contribution in [0.3, 0.4) is 0 Å². The summed E-state index contributed by atoms with van der Waals surface area (Å²) in [6.07, 6.45) is 2.82. The van der Waals surface area contributed by atoms with Crippen LogP contribution in [0.2, 0.25) is 18.1 Å². The van der Waals surface area contributed by atoms with E-state index in [1.807, 2.05) is 17.8 Å². The lowest BCUT2D eigenvalue weighted by atomic mass is 10.2. The molecule has 0 saturated carbocycles. The van der Waals surface area contributed by atoms with Crippen molar-refractivity contribution < 1.29 is 4.43 Å². The number of hydrogen-bond acceptors (Lipinski definition) is 2. The number of hydrogen-bond donors (Lipinski definition) is 0. The molecule has 0 atom stereocenters. The molecule has 4 heteroatoms. The standard InChI is InChI=1S/C11H21N2OSi/c1-11(2,3)15(5,6)14-9-10-7-8-12-13(10)4/h7H,9H2,1-6H3. The van der Waals surface area contributed by atoms with Gasteiger partial charge < -0.3 is 4.43 Å². The summed E-state index contributed by atoms with van der Waals surface area (Å²) >= 11 is 0. The number of nitrogens with zero attached hydrogens (tertiary/aromatic N) is 2. The van der Waals surface area contributed by atoms with Gasteiger partial charge in [0.15, 0.2) is 8.32 Å². The summed E-state index contributed by atoms with van der Waals surface area (Å²) in [6.45, 7) is 11.9. The molecule has 0 amide bonds. The van der Waals surface area contributed by atoms with Gasteiger partial charge in [-0.2, -0.15) is 5.10 Å². The molecule has 15 heavy (non-hydrogen) atoms. The highest BCUT2D eigenvalue weighted by Gasteiger charge is 2.37. The summed E-state index contributed by atoms with van der Waals surface area (Å²) in [5.41, 5.74) is 1.08. The van der Waals surface area contributed by atoms with E-state index in [9.17, 15) is 0 Å². The minimum atomic E-state index is -1.64. The molecule has 0 aromatic carbocycles. The first kappa shape index (κ1) is 12.5. The van der Waals surface area contributed by atoms with E-state index in [1.165, 1.54) is 0 Å². The van der Waals surface area contributed by atoms with E-state index in [0.717, 1.165) is 5.69 Å². The Balaban J connectivity index is 2.61. The van der Waals surface area contributed by atoms with Crippen molar-refractivity contribution >= 4 is 8.32 Å². The summed E-state index contributed by atoms with van der Waals surface area (Å²) < 4.78 is 7.89. The van der Waals surface area contributed by atoms with Gasteiger partial charge in [0.25, 0.3) is 0 Å². The molecule has 0 spiro atoms. The Bertz CT molecular complexity index is 326. The summed E-state index contributed by atoms with van der Waals surface area (Å²) in [5, 5.41) is 4.27. The maximum atomic E-state index is 6.08. The average Bonchev–Trinajstić information content (AvgIpc) is 2.46. The van der Waals surface area contributed by atoms with Crippen LogP contribution in [0.4, 0.5) is 0 Å². The quantitative estimate of drug-likeness (QED) is 0.740. The Hall–Kier alpha value is -0.613. The molecule has 0 bridgehead atoms. The van der Waals surface area contributed by atoms with Crippen molar-refractivity contribution in [1.29, 1.82) is 0 Å². The van der Waals surface area contributed by atoms with Crippen molar-refractivity contribution in [2.75, 3.05) is 0 Å². The van der Waals surface area contributed by atoms with Crippen LogP contribution < -0.4 is 0 Å². The predicted molar refractivity (Wildman–Crippen MR) is 64.0 cm³/mol. The molecule has 0 unspecified atom stereocenters. The van der Waals surface area contributed by atoms with Crippen molar-refractivity contribution in [3.63, 3.8) is 0 Å². The third-order valence-electron chi connectivity index (χ3n) is 3.24. The minimum absolute atomic E-state index is 0.259. The number of aryl methyl sites for hydroxylation is 1. The molecule has 0 N–H and O–H groups in total. The molecule has 3 nitrogen and oxygen atoms in total. The van der Waals surface area contributed by atoms with Gasteiger partial charge in [-0.1, -0.05) is 20.8 Å². The van der Waals surface area contributed by atoms with Crippen LogP contribution in [0.1, 0.15) is 26.5 Å². The van der Waals surface area contributed by atoms with E-state index >= 15 is 0 Å². The van der Waals surface area contributed by atoms with E-state index in [4.69, 9.17) is 4.43 Å². The van der Waals surface area contributed by atoms with Crippen LogP contribution >= 0.6 is 0 Å². The van der Waals surface area contributed by atoms with Crippen LogP contribution in [0, 0.1) is 6.20 Å². The lowest BCUT2D eigenvalue weighted by Gasteiger charge is -2.36. The van der Waals surface area contributed by atoms with Crippen LogP contribution in [0.15, 0.2) is 6.07 Å². The van der Waals surface area contributed by atoms with Gasteiger partial charge in [0, 0.05) is 7.05 Å². The summed E-state index contributed by atoms with van der Waals surface area (Å²) in [5.74, 6) is 0. The molecule has 1 rings (SSSR count). The highest BCUT2D eigenvalue weighted by molar-refractivity contribution is 6.74. The van der Waals surface area contributed by atoms with Crippen molar-refractivity contribution in [1.82, 2.24) is 9.78 Å². The zero-order valence-electron chi connectivity index (χ0n) is 10.6. The molecule has 1 aromatic heterocycles. The van der Waals surface area contributed by atoms with Gasteiger partial charge in [0.1, 0.15) is 6.20 Å². The first-order chi connectivity index (χ1) is 6.74. The van der Waals surface area contributed by atoms with E-state index in [2.05, 4.69) is 45.2 Å². The second kappa shape index (κ2) is 4.10. The first-order valence-electron chi connectivity index (χ1n) is 5.27. The first-order valence-corrected chi connectivity index (χ1v) is 8.18. The second-order valence-electron chi connectivity index (χ2n) is 5.44. The molecule has 0 fully saturated rings. The minimum Gasteiger partial charge on any atom is -0.411 e. The third-order valence-corrected chi connectivity index (χ3v) is 7.72. The van der Waals surface area contributed by atoms with E-state index in [0.29, 0.717) is 6.61 Å². The Morgan fingerprint density at radius 2 is 2.07 bits per heavy atom. The smallest absolute Gasteiger partial charge is 0.192 e. The average molecular weight is 225 g/mol. The maximum Gasteiger partial charge on any atom is 0.192 e. The van der Waals surface area contributed by atoms with Crippen LogP contribution in [-0.2, 0) is 18.1 Å². The fourth-order valence-corrected chi connectivity index (χ4v) is 1.90. The maximum absolute atomic E-state index is 6.08. The van der Waals surface area contributed by atoms with E-state index in [-0.39, 0.29) is 5.04 Å². The second-order valence-corrected chi connectivity index (χ2v) is 10.2. The molecular weight excluding hydrogens is 204 g/mol. The van der Waals surface area contributed by atoms with Gasteiger partial charge >= 0.3 is 0 Å². The Kier molecular flexibility index (Phi) is 3.40. The molecule has 1 aromatic rings. The largest absolute Gasteiger partial charge is 0.411 e. The Labute approximate surface area is 93.6 Å². The molecular formula is C11H21N2OSi. The highest BCUT2D eigenvalue weighted by Crippen LogP contribution is 2.36. The Morgan fingerprint density at radius 1 is 1.47 bits per heavy atom. The zero-order valence-corrected chi connectivity index (χ0v) is 11.6. The monoisotopic (exact) mass is 225 g/mol. The topological polar surface area (TPSA) is 27.1 Å². The van der Waals surface area contributed by atoms with E-state index in [1.54, 1.807) is 0 Å². The third kappa shape index (κ3) is 2.92. The van der Waals surface area contributed by atoms with Crippen molar-refractivity contribution in [3.8, 4) is 0 Å². The molecule has 1 heterocycles. The highest BCUT2D eigenvalue weighted by atomic mass is 28.4. The van der Waals surface area contributed by atoms with Gasteiger partial charge in [0.05, 0.1) is 12.3 Å². The normalized spacial score (nSPS) is 13.2. The molecule has 0 saturated heterocycles. The Morgan fingerprint density at radius 3 is 2.47 bits per heavy atom. The predicted octanol–water partition coefficient (Wildman–Crippen LogP) is 2.74. The fourth-order valence-electron chi connectivity index (χ4n) is 0.954. The number of aromatic nitrogens is 2. The van der Waals surface area contributed by atoms with Gasteiger partial charge in [-0.3, -0.25) is 4.68 Å². The van der Waals surface area contributed by atoms with Crippen LogP contribution in [0.5, 0.6) is 0 Å². The molecule has 0 aliphatic rings. The summed E-state index contributed by atoms with van der Waals surface area (Å²) in [4.78, 5) is 0. The zero-order chi connectivity index (χ0) is 11.7. The lowest BCUT2D eigenvalue weighted by Crippen LogP contribution is -2.40. The van der Waals surface area contributed by atoms with Crippen molar-refractivity contribution in [2.24, 2.45) is 7.05 Å². The lowest BCUT2D eigenvalue weighted by molar-refractivity contribution is 0.266. The van der Waals surface area contributed by atoms with Gasteiger partial charge in [-0.25, -0.2) is 0 Å². The fraction of sp³-hybridized carbons (Fsp3) is 0.727. The number of rotatable bonds is 3. The van der Waals surface area contributed by atoms with Crippen molar-refractivity contribution in [3.05, 3.63) is 18.0 Å². The van der Waals surface area contributed by atoms with E-state index < -0.39 is 8.32 Å². The van der Waals surface area contributed by atoms with Crippen LogP contribution in [0.25, 0.3) is 0 Å².